The quantitative estimate of drug-likeness (QED) is 0.458. The van der Waals surface area contributed by atoms with Crippen LogP contribution in [0.25, 0.3) is 0 Å². The van der Waals surface area contributed by atoms with Crippen LogP contribution in [0.5, 0.6) is 0 Å². The van der Waals surface area contributed by atoms with Crippen LogP contribution < -0.4 is 4.90 Å². The van der Waals surface area contributed by atoms with Gasteiger partial charge >= 0.3 is 0 Å². The summed E-state index contributed by atoms with van der Waals surface area (Å²) in [4.78, 5) is 15.3. The van der Waals surface area contributed by atoms with Gasteiger partial charge in [0.1, 0.15) is 0 Å². The highest BCUT2D eigenvalue weighted by molar-refractivity contribution is 9.10. The summed E-state index contributed by atoms with van der Waals surface area (Å²) in [5, 5.41) is 0. The molecule has 3 aromatic carbocycles. The molecule has 1 amide bonds. The van der Waals surface area contributed by atoms with Gasteiger partial charge in [-0.15, -0.1) is 0 Å². The lowest BCUT2D eigenvalue weighted by atomic mass is 9.99. The molecule has 3 heteroatoms. The Bertz CT molecular complexity index is 869. The van der Waals surface area contributed by atoms with Crippen molar-refractivity contribution in [2.75, 3.05) is 4.90 Å². The second-order valence-corrected chi connectivity index (χ2v) is 8.11. The van der Waals surface area contributed by atoms with Gasteiger partial charge in [0, 0.05) is 21.8 Å². The fourth-order valence-electron chi connectivity index (χ4n) is 3.80. The van der Waals surface area contributed by atoms with Gasteiger partial charge in [-0.3, -0.25) is 9.69 Å². The molecule has 0 heterocycles. The molecule has 3 atom stereocenters. The van der Waals surface area contributed by atoms with E-state index >= 15 is 0 Å². The van der Waals surface area contributed by atoms with Crippen LogP contribution in [-0.4, -0.2) is 5.91 Å². The number of benzene rings is 3. The van der Waals surface area contributed by atoms with Crippen molar-refractivity contribution in [2.24, 2.45) is 11.8 Å². The van der Waals surface area contributed by atoms with E-state index in [0.29, 0.717) is 11.8 Å². The van der Waals surface area contributed by atoms with E-state index in [1.807, 2.05) is 65.6 Å². The van der Waals surface area contributed by atoms with Crippen LogP contribution in [0, 0.1) is 11.8 Å². The van der Waals surface area contributed by atoms with E-state index < -0.39 is 0 Å². The van der Waals surface area contributed by atoms with E-state index in [0.717, 1.165) is 22.3 Å². The molecular weight excluding hydrogens is 398 g/mol. The minimum Gasteiger partial charge on any atom is -0.281 e. The monoisotopic (exact) mass is 419 g/mol. The minimum absolute atomic E-state index is 0.0286. The van der Waals surface area contributed by atoms with Gasteiger partial charge in [0.15, 0.2) is 0 Å². The van der Waals surface area contributed by atoms with Crippen molar-refractivity contribution in [2.45, 2.75) is 19.3 Å². The predicted molar refractivity (Wildman–Crippen MR) is 114 cm³/mol. The number of hydrogen-bond donors (Lipinski definition) is 0. The van der Waals surface area contributed by atoms with Crippen molar-refractivity contribution >= 4 is 33.2 Å². The molecule has 136 valence electrons. The lowest BCUT2D eigenvalue weighted by molar-refractivity contribution is -0.121. The molecule has 1 fully saturated rings. The maximum atomic E-state index is 13.5. The molecule has 0 saturated heterocycles. The molecule has 0 bridgehead atoms. The number of halogens is 1. The highest BCUT2D eigenvalue weighted by Gasteiger charge is 2.45. The average Bonchev–Trinajstić information content (AvgIpc) is 3.50. The third-order valence-electron chi connectivity index (χ3n) is 5.42. The summed E-state index contributed by atoms with van der Waals surface area (Å²) in [5.74, 6) is 1.01. The van der Waals surface area contributed by atoms with Gasteiger partial charge in [-0.25, -0.2) is 0 Å². The van der Waals surface area contributed by atoms with Crippen LogP contribution >= 0.6 is 15.9 Å². The number of anilines is 2. The van der Waals surface area contributed by atoms with E-state index in [1.54, 1.807) is 0 Å². The van der Waals surface area contributed by atoms with Gasteiger partial charge < -0.3 is 0 Å². The van der Waals surface area contributed by atoms with Crippen LogP contribution in [0.3, 0.4) is 0 Å². The minimum atomic E-state index is -0.0286. The summed E-state index contributed by atoms with van der Waals surface area (Å²) in [5.41, 5.74) is 3.16. The molecule has 3 aromatic rings. The summed E-state index contributed by atoms with van der Waals surface area (Å²) in [6, 6.07) is 28.3. The average molecular weight is 420 g/mol. The number of amides is 1. The third kappa shape index (κ3) is 3.84. The first-order valence-electron chi connectivity index (χ1n) is 9.34. The summed E-state index contributed by atoms with van der Waals surface area (Å²) < 4.78 is 1.09. The highest BCUT2D eigenvalue weighted by Crippen LogP contribution is 2.52. The number of carbonyl (C=O) groups is 1. The molecule has 0 N–H and O–H groups in total. The van der Waals surface area contributed by atoms with Crippen LogP contribution in [0.15, 0.2) is 89.4 Å². The molecule has 2 nitrogen and oxygen atoms in total. The molecule has 1 aliphatic carbocycles. The summed E-state index contributed by atoms with van der Waals surface area (Å²) in [6.45, 7) is 2.07. The summed E-state index contributed by atoms with van der Waals surface area (Å²) in [7, 11) is 0. The van der Waals surface area contributed by atoms with Crippen molar-refractivity contribution in [3.63, 3.8) is 0 Å². The van der Waals surface area contributed by atoms with Gasteiger partial charge in [-0.1, -0.05) is 71.4 Å². The zero-order valence-electron chi connectivity index (χ0n) is 15.3. The predicted octanol–water partition coefficient (Wildman–Crippen LogP) is 6.55. The molecule has 0 aliphatic heterocycles. The van der Waals surface area contributed by atoms with E-state index in [2.05, 4.69) is 47.1 Å². The SMILES string of the molecule is C[C@H](C(=O)N(c1ccccc1)c1ccccc1)[C@@H]1C[C@H]1c1ccc(Br)cc1. The van der Waals surface area contributed by atoms with Gasteiger partial charge in [0.25, 0.3) is 0 Å². The highest BCUT2D eigenvalue weighted by atomic mass is 79.9. The molecule has 0 radical (unpaired) electrons. The first-order chi connectivity index (χ1) is 13.1. The maximum absolute atomic E-state index is 13.5. The van der Waals surface area contributed by atoms with Crippen molar-refractivity contribution < 1.29 is 4.79 Å². The molecule has 0 unspecified atom stereocenters. The molecule has 0 aromatic heterocycles. The van der Waals surface area contributed by atoms with Gasteiger partial charge in [0.05, 0.1) is 0 Å². The Morgan fingerprint density at radius 1 is 0.889 bits per heavy atom. The van der Waals surface area contributed by atoms with Crippen molar-refractivity contribution in [1.82, 2.24) is 0 Å². The van der Waals surface area contributed by atoms with E-state index in [4.69, 9.17) is 0 Å². The number of hydrogen-bond acceptors (Lipinski definition) is 1. The van der Waals surface area contributed by atoms with Crippen molar-refractivity contribution in [3.8, 4) is 0 Å². The Labute approximate surface area is 169 Å². The first kappa shape index (κ1) is 18.0. The molecule has 1 aliphatic rings. The van der Waals surface area contributed by atoms with Gasteiger partial charge in [0.2, 0.25) is 5.91 Å². The molecular formula is C24H22BrNO. The lowest BCUT2D eigenvalue weighted by Crippen LogP contribution is -2.32. The lowest BCUT2D eigenvalue weighted by Gasteiger charge is -2.26. The van der Waals surface area contributed by atoms with E-state index in [-0.39, 0.29) is 11.8 Å². The Balaban J connectivity index is 1.58. The smallest absolute Gasteiger partial charge is 0.234 e. The van der Waals surface area contributed by atoms with Gasteiger partial charge in [-0.2, -0.15) is 0 Å². The maximum Gasteiger partial charge on any atom is 0.234 e. The van der Waals surface area contributed by atoms with Crippen molar-refractivity contribution in [1.29, 1.82) is 0 Å². The normalized spacial score (nSPS) is 19.3. The topological polar surface area (TPSA) is 20.3 Å². The number of nitrogens with zero attached hydrogens (tertiary/aromatic N) is 1. The summed E-state index contributed by atoms with van der Waals surface area (Å²) in [6.07, 6.45) is 1.08. The fourth-order valence-corrected chi connectivity index (χ4v) is 4.07. The second kappa shape index (κ2) is 7.69. The summed E-state index contributed by atoms with van der Waals surface area (Å²) >= 11 is 3.49. The standard InChI is InChI=1S/C24H22BrNO/c1-17(22-16-23(22)18-12-14-19(25)15-13-18)24(27)26(20-8-4-2-5-9-20)21-10-6-3-7-11-21/h2-15,17,22-23H,16H2,1H3/t17-,22-,23-/m0/s1. The third-order valence-corrected chi connectivity index (χ3v) is 5.95. The molecule has 0 spiro atoms. The Morgan fingerprint density at radius 3 is 1.93 bits per heavy atom. The Hall–Kier alpha value is -2.39. The van der Waals surface area contributed by atoms with Crippen molar-refractivity contribution in [3.05, 3.63) is 95.0 Å². The fraction of sp³-hybridized carbons (Fsp3) is 0.208. The molecule has 27 heavy (non-hydrogen) atoms. The van der Waals surface area contributed by atoms with Crippen LogP contribution in [0.2, 0.25) is 0 Å². The molecule has 1 saturated carbocycles. The van der Waals surface area contributed by atoms with E-state index in [1.165, 1.54) is 5.56 Å². The second-order valence-electron chi connectivity index (χ2n) is 7.19. The number of carbonyl (C=O) groups excluding carboxylic acids is 1. The molecule has 4 rings (SSSR count). The zero-order chi connectivity index (χ0) is 18.8. The first-order valence-corrected chi connectivity index (χ1v) is 10.1. The van der Waals surface area contributed by atoms with Gasteiger partial charge in [-0.05, 0) is 60.2 Å². The van der Waals surface area contributed by atoms with E-state index in [9.17, 15) is 4.79 Å². The zero-order valence-corrected chi connectivity index (χ0v) is 16.8. The number of para-hydroxylation sites is 2. The Kier molecular flexibility index (Phi) is 5.13. The largest absolute Gasteiger partial charge is 0.281 e. The Morgan fingerprint density at radius 2 is 1.41 bits per heavy atom. The van der Waals surface area contributed by atoms with Crippen LogP contribution in [0.1, 0.15) is 24.8 Å². The van der Waals surface area contributed by atoms with Crippen LogP contribution in [0.4, 0.5) is 11.4 Å². The van der Waals surface area contributed by atoms with Crippen LogP contribution in [-0.2, 0) is 4.79 Å². The number of rotatable bonds is 5.